The Balaban J connectivity index is 2.08. The van der Waals surface area contributed by atoms with Crippen LogP contribution in [-0.4, -0.2) is 22.9 Å². The van der Waals surface area contributed by atoms with Crippen LogP contribution in [0, 0.1) is 18.8 Å². The van der Waals surface area contributed by atoms with Crippen molar-refractivity contribution < 1.29 is 19.5 Å². The second-order valence-corrected chi connectivity index (χ2v) is 6.05. The highest BCUT2D eigenvalue weighted by atomic mass is 16.4. The van der Waals surface area contributed by atoms with Gasteiger partial charge in [-0.25, -0.2) is 0 Å². The van der Waals surface area contributed by atoms with Crippen LogP contribution in [0.4, 0.5) is 11.4 Å². The lowest BCUT2D eigenvalue weighted by molar-refractivity contribution is -0.143. The molecule has 1 aromatic carbocycles. The van der Waals surface area contributed by atoms with Gasteiger partial charge in [-0.05, 0) is 43.9 Å². The van der Waals surface area contributed by atoms with Crippen molar-refractivity contribution in [3.63, 3.8) is 0 Å². The number of anilines is 2. The van der Waals surface area contributed by atoms with Gasteiger partial charge in [0.15, 0.2) is 0 Å². The first-order valence-corrected chi connectivity index (χ1v) is 7.79. The van der Waals surface area contributed by atoms with Gasteiger partial charge in [0.05, 0.1) is 5.92 Å². The quantitative estimate of drug-likeness (QED) is 0.795. The molecule has 0 spiro atoms. The van der Waals surface area contributed by atoms with E-state index in [0.717, 1.165) is 12.0 Å². The zero-order chi connectivity index (χ0) is 17.0. The fourth-order valence-electron chi connectivity index (χ4n) is 2.98. The van der Waals surface area contributed by atoms with Crippen molar-refractivity contribution in [1.29, 1.82) is 0 Å². The normalized spacial score (nSPS) is 20.6. The fourth-order valence-corrected chi connectivity index (χ4v) is 2.98. The maximum absolute atomic E-state index is 12.4. The molecule has 0 radical (unpaired) electrons. The third-order valence-corrected chi connectivity index (χ3v) is 4.30. The van der Waals surface area contributed by atoms with Gasteiger partial charge in [0.2, 0.25) is 11.8 Å². The Bertz CT molecular complexity index is 627. The van der Waals surface area contributed by atoms with E-state index in [-0.39, 0.29) is 17.7 Å². The van der Waals surface area contributed by atoms with Crippen molar-refractivity contribution in [2.75, 3.05) is 10.6 Å². The summed E-state index contributed by atoms with van der Waals surface area (Å²) in [5.41, 5.74) is 2.07. The summed E-state index contributed by atoms with van der Waals surface area (Å²) in [6.45, 7) is 3.25. The van der Waals surface area contributed by atoms with Crippen LogP contribution < -0.4 is 10.6 Å². The van der Waals surface area contributed by atoms with E-state index in [0.29, 0.717) is 30.6 Å². The average Bonchev–Trinajstić information content (AvgIpc) is 2.51. The molecule has 6 heteroatoms. The van der Waals surface area contributed by atoms with Gasteiger partial charge < -0.3 is 15.7 Å². The molecule has 1 aliphatic rings. The summed E-state index contributed by atoms with van der Waals surface area (Å²) in [5.74, 6) is -1.88. The molecule has 0 aliphatic heterocycles. The Hall–Kier alpha value is -2.37. The number of aliphatic carboxylic acids is 1. The summed E-state index contributed by atoms with van der Waals surface area (Å²) in [6.07, 6.45) is 2.47. The van der Waals surface area contributed by atoms with Crippen molar-refractivity contribution >= 4 is 29.2 Å². The SMILES string of the molecule is CC(=O)Nc1cccc(NC(=O)C2CCCC(C(=O)O)C2)c1C. The number of amides is 2. The molecule has 1 fully saturated rings. The van der Waals surface area contributed by atoms with E-state index in [1.54, 1.807) is 18.2 Å². The molecular weight excluding hydrogens is 296 g/mol. The molecule has 1 saturated carbocycles. The molecule has 1 aromatic rings. The van der Waals surface area contributed by atoms with E-state index in [4.69, 9.17) is 5.11 Å². The number of hydrogen-bond donors (Lipinski definition) is 3. The van der Waals surface area contributed by atoms with Crippen LogP contribution in [0.5, 0.6) is 0 Å². The van der Waals surface area contributed by atoms with Crippen molar-refractivity contribution in [2.24, 2.45) is 11.8 Å². The molecule has 2 atom stereocenters. The predicted octanol–water partition coefficient (Wildman–Crippen LogP) is 2.78. The summed E-state index contributed by atoms with van der Waals surface area (Å²) in [5, 5.41) is 14.7. The highest BCUT2D eigenvalue weighted by Crippen LogP contribution is 2.31. The van der Waals surface area contributed by atoms with E-state index < -0.39 is 11.9 Å². The van der Waals surface area contributed by atoms with Gasteiger partial charge in [-0.3, -0.25) is 14.4 Å². The number of benzene rings is 1. The minimum Gasteiger partial charge on any atom is -0.481 e. The summed E-state index contributed by atoms with van der Waals surface area (Å²) >= 11 is 0. The molecule has 0 bridgehead atoms. The van der Waals surface area contributed by atoms with Crippen LogP contribution in [0.3, 0.4) is 0 Å². The first-order chi connectivity index (χ1) is 10.9. The lowest BCUT2D eigenvalue weighted by Gasteiger charge is -2.26. The molecule has 2 amide bonds. The third kappa shape index (κ3) is 4.31. The lowest BCUT2D eigenvalue weighted by Crippen LogP contribution is -2.31. The van der Waals surface area contributed by atoms with Crippen LogP contribution in [0.2, 0.25) is 0 Å². The van der Waals surface area contributed by atoms with E-state index in [1.165, 1.54) is 6.92 Å². The Kier molecular flexibility index (Phi) is 5.36. The number of rotatable bonds is 4. The smallest absolute Gasteiger partial charge is 0.306 e. The molecule has 0 aromatic heterocycles. The Labute approximate surface area is 135 Å². The number of carbonyl (C=O) groups excluding carboxylic acids is 2. The van der Waals surface area contributed by atoms with E-state index in [2.05, 4.69) is 10.6 Å². The van der Waals surface area contributed by atoms with E-state index in [9.17, 15) is 14.4 Å². The van der Waals surface area contributed by atoms with Crippen LogP contribution in [0.15, 0.2) is 18.2 Å². The van der Waals surface area contributed by atoms with Gasteiger partial charge in [-0.2, -0.15) is 0 Å². The molecule has 0 saturated heterocycles. The summed E-state index contributed by atoms with van der Waals surface area (Å²) in [6, 6.07) is 5.30. The molecule has 6 nitrogen and oxygen atoms in total. The summed E-state index contributed by atoms with van der Waals surface area (Å²) in [4.78, 5) is 34.7. The highest BCUT2D eigenvalue weighted by molar-refractivity contribution is 5.96. The zero-order valence-electron chi connectivity index (χ0n) is 13.4. The maximum atomic E-state index is 12.4. The monoisotopic (exact) mass is 318 g/mol. The second kappa shape index (κ2) is 7.26. The topological polar surface area (TPSA) is 95.5 Å². The predicted molar refractivity (Wildman–Crippen MR) is 87.2 cm³/mol. The first kappa shape index (κ1) is 17.0. The summed E-state index contributed by atoms with van der Waals surface area (Å²) < 4.78 is 0. The number of hydrogen-bond acceptors (Lipinski definition) is 3. The van der Waals surface area contributed by atoms with Crippen LogP contribution in [-0.2, 0) is 14.4 Å². The van der Waals surface area contributed by atoms with Crippen molar-refractivity contribution in [3.05, 3.63) is 23.8 Å². The van der Waals surface area contributed by atoms with Crippen LogP contribution in [0.1, 0.15) is 38.2 Å². The Morgan fingerprint density at radius 1 is 1.09 bits per heavy atom. The molecule has 2 unspecified atom stereocenters. The molecule has 23 heavy (non-hydrogen) atoms. The fraction of sp³-hybridized carbons (Fsp3) is 0.471. The van der Waals surface area contributed by atoms with Crippen LogP contribution >= 0.6 is 0 Å². The highest BCUT2D eigenvalue weighted by Gasteiger charge is 2.31. The molecular formula is C17H22N2O4. The third-order valence-electron chi connectivity index (χ3n) is 4.30. The minimum atomic E-state index is -0.827. The first-order valence-electron chi connectivity index (χ1n) is 7.79. The van der Waals surface area contributed by atoms with Crippen LogP contribution in [0.25, 0.3) is 0 Å². The van der Waals surface area contributed by atoms with Crippen molar-refractivity contribution in [3.8, 4) is 0 Å². The van der Waals surface area contributed by atoms with Gasteiger partial charge in [-0.1, -0.05) is 12.5 Å². The Morgan fingerprint density at radius 3 is 2.30 bits per heavy atom. The number of nitrogens with one attached hydrogen (secondary N) is 2. The molecule has 124 valence electrons. The van der Waals surface area contributed by atoms with Gasteiger partial charge in [-0.15, -0.1) is 0 Å². The Morgan fingerprint density at radius 2 is 1.70 bits per heavy atom. The average molecular weight is 318 g/mol. The lowest BCUT2D eigenvalue weighted by atomic mass is 9.81. The van der Waals surface area contributed by atoms with Gasteiger partial charge in [0.25, 0.3) is 0 Å². The molecule has 0 heterocycles. The maximum Gasteiger partial charge on any atom is 0.306 e. The van der Waals surface area contributed by atoms with Crippen molar-refractivity contribution in [2.45, 2.75) is 39.5 Å². The number of carboxylic acid groups (broad SMARTS) is 1. The van der Waals surface area contributed by atoms with E-state index >= 15 is 0 Å². The minimum absolute atomic E-state index is 0.154. The number of carboxylic acids is 1. The molecule has 2 rings (SSSR count). The standard InChI is InChI=1S/C17H22N2O4/c1-10-14(18-11(2)20)7-4-8-15(10)19-16(21)12-5-3-6-13(9-12)17(22)23/h4,7-8,12-13H,3,5-6,9H2,1-2H3,(H,18,20)(H,19,21)(H,22,23). The van der Waals surface area contributed by atoms with Crippen molar-refractivity contribution in [1.82, 2.24) is 0 Å². The summed E-state index contributed by atoms with van der Waals surface area (Å²) in [7, 11) is 0. The second-order valence-electron chi connectivity index (χ2n) is 6.05. The molecule has 1 aliphatic carbocycles. The largest absolute Gasteiger partial charge is 0.481 e. The van der Waals surface area contributed by atoms with Gasteiger partial charge in [0.1, 0.15) is 0 Å². The zero-order valence-corrected chi connectivity index (χ0v) is 13.4. The number of carbonyl (C=O) groups is 3. The van der Waals surface area contributed by atoms with E-state index in [1.807, 2.05) is 6.92 Å². The van der Waals surface area contributed by atoms with Gasteiger partial charge in [0, 0.05) is 24.2 Å². The molecule has 3 N–H and O–H groups in total. The van der Waals surface area contributed by atoms with Gasteiger partial charge >= 0.3 is 5.97 Å².